The first-order valence-corrected chi connectivity index (χ1v) is 8.19. The summed E-state index contributed by atoms with van der Waals surface area (Å²) < 4.78 is 16.7. The topological polar surface area (TPSA) is 68.8 Å². The summed E-state index contributed by atoms with van der Waals surface area (Å²) in [5.74, 6) is 0.802. The van der Waals surface area contributed by atoms with E-state index >= 15 is 0 Å². The number of rotatable bonds is 4. The molecule has 2 aliphatic rings. The summed E-state index contributed by atoms with van der Waals surface area (Å²) in [4.78, 5) is 12.2. The van der Waals surface area contributed by atoms with Crippen LogP contribution in [-0.2, 0) is 14.3 Å². The van der Waals surface area contributed by atoms with Crippen LogP contribution in [0.25, 0.3) is 0 Å². The Balaban J connectivity index is 1.58. The van der Waals surface area contributed by atoms with Gasteiger partial charge in [-0.25, -0.2) is 0 Å². The van der Waals surface area contributed by atoms with Crippen LogP contribution in [0.15, 0.2) is 18.2 Å². The van der Waals surface area contributed by atoms with Crippen LogP contribution in [0.1, 0.15) is 18.4 Å². The summed E-state index contributed by atoms with van der Waals surface area (Å²) in [6.07, 6.45) is 2.06. The summed E-state index contributed by atoms with van der Waals surface area (Å²) in [6.45, 7) is 5.28. The van der Waals surface area contributed by atoms with Gasteiger partial charge < -0.3 is 24.8 Å². The van der Waals surface area contributed by atoms with Crippen molar-refractivity contribution in [1.29, 1.82) is 0 Å². The number of hydrogen-bond acceptors (Lipinski definition) is 5. The van der Waals surface area contributed by atoms with Crippen LogP contribution in [-0.4, -0.2) is 51.0 Å². The zero-order valence-electron chi connectivity index (χ0n) is 13.5. The maximum absolute atomic E-state index is 12.2. The number of ether oxygens (including phenoxy) is 3. The zero-order valence-corrected chi connectivity index (χ0v) is 13.5. The lowest BCUT2D eigenvalue weighted by atomic mass is 10.1. The van der Waals surface area contributed by atoms with Crippen LogP contribution < -0.4 is 15.4 Å². The second-order valence-corrected chi connectivity index (χ2v) is 5.98. The number of hydrogen-bond donors (Lipinski definition) is 2. The van der Waals surface area contributed by atoms with E-state index in [0.29, 0.717) is 19.8 Å². The van der Waals surface area contributed by atoms with Gasteiger partial charge in [-0.05, 0) is 30.7 Å². The standard InChI is InChI=1S/C17H24N2O4/c1-12-10-13(19-17(20)15-11-22-9-6-18-15)2-3-16(12)23-14-4-7-21-8-5-14/h2-3,10,14-15,18H,4-9,11H2,1H3,(H,19,20). The van der Waals surface area contributed by atoms with Crippen molar-refractivity contribution in [2.75, 3.05) is 38.3 Å². The fourth-order valence-corrected chi connectivity index (χ4v) is 2.80. The van der Waals surface area contributed by atoms with Gasteiger partial charge >= 0.3 is 0 Å². The van der Waals surface area contributed by atoms with E-state index in [9.17, 15) is 4.79 Å². The molecule has 2 aliphatic heterocycles. The fraction of sp³-hybridized carbons (Fsp3) is 0.588. The van der Waals surface area contributed by atoms with E-state index in [4.69, 9.17) is 14.2 Å². The van der Waals surface area contributed by atoms with Gasteiger partial charge in [-0.15, -0.1) is 0 Å². The molecule has 0 aliphatic carbocycles. The quantitative estimate of drug-likeness (QED) is 0.879. The lowest BCUT2D eigenvalue weighted by Crippen LogP contribution is -2.48. The highest BCUT2D eigenvalue weighted by molar-refractivity contribution is 5.95. The molecule has 0 spiro atoms. The van der Waals surface area contributed by atoms with E-state index in [1.807, 2.05) is 25.1 Å². The molecule has 1 aromatic carbocycles. The summed E-state index contributed by atoms with van der Waals surface area (Å²) in [6, 6.07) is 5.45. The molecule has 6 heteroatoms. The third-order valence-electron chi connectivity index (χ3n) is 4.14. The van der Waals surface area contributed by atoms with Gasteiger partial charge in [-0.2, -0.15) is 0 Å². The molecular formula is C17H24N2O4. The molecule has 3 rings (SSSR count). The average molecular weight is 320 g/mol. The minimum Gasteiger partial charge on any atom is -0.490 e. The molecule has 1 aromatic rings. The highest BCUT2D eigenvalue weighted by Crippen LogP contribution is 2.25. The Morgan fingerprint density at radius 3 is 2.78 bits per heavy atom. The predicted octanol–water partition coefficient (Wildman–Crippen LogP) is 1.48. The molecule has 2 heterocycles. The average Bonchev–Trinajstić information content (AvgIpc) is 2.59. The molecule has 0 radical (unpaired) electrons. The van der Waals surface area contributed by atoms with Gasteiger partial charge in [0, 0.05) is 25.1 Å². The summed E-state index contributed by atoms with van der Waals surface area (Å²) in [5, 5.41) is 6.07. The van der Waals surface area contributed by atoms with Gasteiger partial charge in [0.05, 0.1) is 26.4 Å². The van der Waals surface area contributed by atoms with Crippen LogP contribution in [0.4, 0.5) is 5.69 Å². The van der Waals surface area contributed by atoms with Gasteiger partial charge in [-0.3, -0.25) is 4.79 Å². The lowest BCUT2D eigenvalue weighted by molar-refractivity contribution is -0.120. The number of benzene rings is 1. The Morgan fingerprint density at radius 2 is 2.09 bits per heavy atom. The van der Waals surface area contributed by atoms with E-state index in [1.54, 1.807) is 0 Å². The van der Waals surface area contributed by atoms with Crippen LogP contribution in [0.2, 0.25) is 0 Å². The minimum absolute atomic E-state index is 0.0674. The number of morpholine rings is 1. The summed E-state index contributed by atoms with van der Waals surface area (Å²) in [7, 11) is 0. The van der Waals surface area contributed by atoms with Gasteiger partial charge in [0.1, 0.15) is 17.9 Å². The first kappa shape index (κ1) is 16.2. The molecule has 1 unspecified atom stereocenters. The third-order valence-corrected chi connectivity index (χ3v) is 4.14. The van der Waals surface area contributed by atoms with Crippen molar-refractivity contribution in [3.63, 3.8) is 0 Å². The van der Waals surface area contributed by atoms with E-state index in [-0.39, 0.29) is 18.1 Å². The smallest absolute Gasteiger partial charge is 0.243 e. The Kier molecular flexibility index (Phi) is 5.48. The second-order valence-electron chi connectivity index (χ2n) is 5.98. The predicted molar refractivity (Wildman–Crippen MR) is 86.9 cm³/mol. The highest BCUT2D eigenvalue weighted by atomic mass is 16.5. The molecule has 1 atom stereocenters. The number of anilines is 1. The number of carbonyl (C=O) groups excluding carboxylic acids is 1. The fourth-order valence-electron chi connectivity index (χ4n) is 2.80. The Morgan fingerprint density at radius 1 is 1.26 bits per heavy atom. The normalized spacial score (nSPS) is 22.6. The molecule has 2 fully saturated rings. The minimum atomic E-state index is -0.290. The zero-order chi connectivity index (χ0) is 16.1. The van der Waals surface area contributed by atoms with Crippen molar-refractivity contribution in [2.24, 2.45) is 0 Å². The van der Waals surface area contributed by atoms with Crippen molar-refractivity contribution in [3.8, 4) is 5.75 Å². The molecular weight excluding hydrogens is 296 g/mol. The first-order chi connectivity index (χ1) is 11.2. The monoisotopic (exact) mass is 320 g/mol. The van der Waals surface area contributed by atoms with Gasteiger partial charge in [0.15, 0.2) is 0 Å². The Hall–Kier alpha value is -1.63. The largest absolute Gasteiger partial charge is 0.490 e. The molecule has 1 amide bonds. The molecule has 2 saturated heterocycles. The van der Waals surface area contributed by atoms with Gasteiger partial charge in [-0.1, -0.05) is 0 Å². The van der Waals surface area contributed by atoms with E-state index < -0.39 is 0 Å². The molecule has 0 saturated carbocycles. The maximum Gasteiger partial charge on any atom is 0.243 e. The van der Waals surface area contributed by atoms with Crippen LogP contribution in [0.3, 0.4) is 0 Å². The second kappa shape index (κ2) is 7.77. The van der Waals surface area contributed by atoms with Crippen LogP contribution in [0, 0.1) is 6.92 Å². The molecule has 0 aromatic heterocycles. The van der Waals surface area contributed by atoms with Crippen molar-refractivity contribution in [3.05, 3.63) is 23.8 Å². The molecule has 126 valence electrons. The SMILES string of the molecule is Cc1cc(NC(=O)C2COCCN2)ccc1OC1CCOCC1. The first-order valence-electron chi connectivity index (χ1n) is 8.19. The van der Waals surface area contributed by atoms with Crippen LogP contribution >= 0.6 is 0 Å². The summed E-state index contributed by atoms with van der Waals surface area (Å²) in [5.41, 5.74) is 1.79. The van der Waals surface area contributed by atoms with Gasteiger partial charge in [0.2, 0.25) is 5.91 Å². The maximum atomic E-state index is 12.2. The molecule has 0 bridgehead atoms. The number of nitrogens with one attached hydrogen (secondary N) is 2. The third kappa shape index (κ3) is 4.43. The van der Waals surface area contributed by atoms with Crippen molar-refractivity contribution in [1.82, 2.24) is 5.32 Å². The van der Waals surface area contributed by atoms with Crippen molar-refractivity contribution >= 4 is 11.6 Å². The Bertz CT molecular complexity index is 537. The molecule has 6 nitrogen and oxygen atoms in total. The molecule has 2 N–H and O–H groups in total. The molecule has 23 heavy (non-hydrogen) atoms. The van der Waals surface area contributed by atoms with E-state index in [1.165, 1.54) is 0 Å². The lowest BCUT2D eigenvalue weighted by Gasteiger charge is -2.25. The Labute approximate surface area is 136 Å². The van der Waals surface area contributed by atoms with Crippen molar-refractivity contribution < 1.29 is 19.0 Å². The number of aryl methyl sites for hydroxylation is 1. The van der Waals surface area contributed by atoms with E-state index in [2.05, 4.69) is 10.6 Å². The van der Waals surface area contributed by atoms with Gasteiger partial charge in [0.25, 0.3) is 0 Å². The summed E-state index contributed by atoms with van der Waals surface area (Å²) >= 11 is 0. The van der Waals surface area contributed by atoms with Crippen LogP contribution in [0.5, 0.6) is 5.75 Å². The highest BCUT2D eigenvalue weighted by Gasteiger charge is 2.21. The number of carbonyl (C=O) groups is 1. The van der Waals surface area contributed by atoms with Crippen molar-refractivity contribution in [2.45, 2.75) is 31.9 Å². The number of amides is 1. The van der Waals surface area contributed by atoms with E-state index in [0.717, 1.165) is 43.1 Å².